The average molecular weight is 244 g/mol. The molecule has 0 unspecified atom stereocenters. The van der Waals surface area contributed by atoms with Gasteiger partial charge in [-0.1, -0.05) is 0 Å². The Kier molecular flexibility index (Phi) is 3.72. The fourth-order valence-corrected chi connectivity index (χ4v) is 1.65. The van der Waals surface area contributed by atoms with E-state index in [0.29, 0.717) is 6.61 Å². The van der Waals surface area contributed by atoms with Gasteiger partial charge in [0.1, 0.15) is 17.4 Å². The normalized spacial score (nSPS) is 10.2. The average Bonchev–Trinajstić information content (AvgIpc) is 2.39. The molecule has 0 saturated carbocycles. The van der Waals surface area contributed by atoms with Crippen LogP contribution in [0, 0.1) is 6.92 Å². The Balaban J connectivity index is 2.41. The molecule has 0 fully saturated rings. The van der Waals surface area contributed by atoms with E-state index in [9.17, 15) is 0 Å². The zero-order valence-corrected chi connectivity index (χ0v) is 10.8. The second kappa shape index (κ2) is 5.44. The van der Waals surface area contributed by atoms with Gasteiger partial charge in [0.15, 0.2) is 0 Å². The minimum Gasteiger partial charge on any atom is -0.492 e. The lowest BCUT2D eigenvalue weighted by Crippen LogP contribution is -1.99. The van der Waals surface area contributed by atoms with Crippen LogP contribution in [0.1, 0.15) is 12.7 Å². The number of pyridine rings is 1. The summed E-state index contributed by atoms with van der Waals surface area (Å²) in [4.78, 5) is 12.8. The maximum absolute atomic E-state index is 5.43. The molecular weight excluding hydrogens is 228 g/mol. The number of nitrogens with one attached hydrogen (secondary N) is 1. The summed E-state index contributed by atoms with van der Waals surface area (Å²) in [7, 11) is 1.83. The third-order valence-electron chi connectivity index (χ3n) is 2.41. The summed E-state index contributed by atoms with van der Waals surface area (Å²) in [5.41, 5.74) is 1.75. The van der Waals surface area contributed by atoms with Gasteiger partial charge in [-0.15, -0.1) is 0 Å². The third kappa shape index (κ3) is 2.74. The number of hydrogen-bond donors (Lipinski definition) is 1. The third-order valence-corrected chi connectivity index (χ3v) is 2.41. The van der Waals surface area contributed by atoms with Crippen molar-refractivity contribution in [2.24, 2.45) is 0 Å². The highest BCUT2D eigenvalue weighted by Gasteiger charge is 2.05. The Labute approximate surface area is 106 Å². The highest BCUT2D eigenvalue weighted by atomic mass is 16.5. The zero-order chi connectivity index (χ0) is 13.0. The van der Waals surface area contributed by atoms with Crippen LogP contribution in [0.25, 0.3) is 11.3 Å². The lowest BCUT2D eigenvalue weighted by atomic mass is 10.2. The molecule has 0 aromatic carbocycles. The maximum atomic E-state index is 5.43. The summed E-state index contributed by atoms with van der Waals surface area (Å²) in [6, 6.07) is 3.82. The fraction of sp³-hybridized carbons (Fsp3) is 0.308. The Morgan fingerprint density at radius 2 is 2.06 bits per heavy atom. The fourth-order valence-electron chi connectivity index (χ4n) is 1.65. The van der Waals surface area contributed by atoms with E-state index in [1.54, 1.807) is 12.4 Å². The van der Waals surface area contributed by atoms with Crippen LogP contribution in [-0.2, 0) is 0 Å². The van der Waals surface area contributed by atoms with Gasteiger partial charge in [0.05, 0.1) is 18.5 Å². The SMILES string of the molecule is CCOc1cncc(-c2cc(NC)nc(C)n2)c1. The molecule has 5 heteroatoms. The molecule has 0 saturated heterocycles. The maximum Gasteiger partial charge on any atom is 0.138 e. The highest BCUT2D eigenvalue weighted by molar-refractivity contribution is 5.62. The Morgan fingerprint density at radius 1 is 1.22 bits per heavy atom. The van der Waals surface area contributed by atoms with Crippen LogP contribution in [0.2, 0.25) is 0 Å². The van der Waals surface area contributed by atoms with Crippen molar-refractivity contribution in [1.29, 1.82) is 0 Å². The number of nitrogens with zero attached hydrogens (tertiary/aromatic N) is 3. The van der Waals surface area contributed by atoms with Crippen LogP contribution < -0.4 is 10.1 Å². The molecule has 94 valence electrons. The van der Waals surface area contributed by atoms with E-state index in [1.165, 1.54) is 0 Å². The summed E-state index contributed by atoms with van der Waals surface area (Å²) in [5.74, 6) is 2.26. The van der Waals surface area contributed by atoms with E-state index in [0.717, 1.165) is 28.6 Å². The van der Waals surface area contributed by atoms with E-state index in [1.807, 2.05) is 33.0 Å². The quantitative estimate of drug-likeness (QED) is 0.894. The number of aromatic nitrogens is 3. The van der Waals surface area contributed by atoms with Gasteiger partial charge in [0.25, 0.3) is 0 Å². The molecule has 2 rings (SSSR count). The number of hydrogen-bond acceptors (Lipinski definition) is 5. The molecular formula is C13H16N4O. The predicted molar refractivity (Wildman–Crippen MR) is 70.7 cm³/mol. The van der Waals surface area contributed by atoms with Crippen molar-refractivity contribution in [1.82, 2.24) is 15.0 Å². The van der Waals surface area contributed by atoms with Crippen molar-refractivity contribution in [3.63, 3.8) is 0 Å². The molecule has 0 aliphatic carbocycles. The van der Waals surface area contributed by atoms with Crippen molar-refractivity contribution in [3.8, 4) is 17.0 Å². The van der Waals surface area contributed by atoms with Crippen molar-refractivity contribution in [3.05, 3.63) is 30.4 Å². The Bertz CT molecular complexity index is 542. The van der Waals surface area contributed by atoms with Crippen molar-refractivity contribution < 1.29 is 4.74 Å². The molecule has 0 atom stereocenters. The van der Waals surface area contributed by atoms with Crippen LogP contribution >= 0.6 is 0 Å². The topological polar surface area (TPSA) is 59.9 Å². The first kappa shape index (κ1) is 12.3. The number of ether oxygens (including phenoxy) is 1. The van der Waals surface area contributed by atoms with Gasteiger partial charge >= 0.3 is 0 Å². The van der Waals surface area contributed by atoms with Crippen LogP contribution in [0.5, 0.6) is 5.75 Å². The van der Waals surface area contributed by atoms with Crippen molar-refractivity contribution in [2.75, 3.05) is 19.0 Å². The van der Waals surface area contributed by atoms with E-state index in [2.05, 4.69) is 20.3 Å². The molecule has 5 nitrogen and oxygen atoms in total. The summed E-state index contributed by atoms with van der Waals surface area (Å²) < 4.78 is 5.43. The summed E-state index contributed by atoms with van der Waals surface area (Å²) in [6.07, 6.45) is 3.46. The second-order valence-electron chi connectivity index (χ2n) is 3.78. The monoisotopic (exact) mass is 244 g/mol. The predicted octanol–water partition coefficient (Wildman–Crippen LogP) is 2.29. The number of aryl methyl sites for hydroxylation is 1. The summed E-state index contributed by atoms with van der Waals surface area (Å²) >= 11 is 0. The first-order valence-electron chi connectivity index (χ1n) is 5.84. The lowest BCUT2D eigenvalue weighted by Gasteiger charge is -2.07. The molecule has 0 bridgehead atoms. The smallest absolute Gasteiger partial charge is 0.138 e. The van der Waals surface area contributed by atoms with E-state index >= 15 is 0 Å². The van der Waals surface area contributed by atoms with E-state index in [4.69, 9.17) is 4.74 Å². The molecule has 2 aromatic rings. The molecule has 2 heterocycles. The summed E-state index contributed by atoms with van der Waals surface area (Å²) in [5, 5.41) is 3.01. The van der Waals surface area contributed by atoms with Crippen molar-refractivity contribution >= 4 is 5.82 Å². The van der Waals surface area contributed by atoms with Crippen molar-refractivity contribution in [2.45, 2.75) is 13.8 Å². The molecule has 0 aliphatic rings. The van der Waals surface area contributed by atoms with E-state index in [-0.39, 0.29) is 0 Å². The Morgan fingerprint density at radius 3 is 2.78 bits per heavy atom. The highest BCUT2D eigenvalue weighted by Crippen LogP contribution is 2.22. The molecule has 0 aliphatic heterocycles. The van der Waals surface area contributed by atoms with Crippen LogP contribution in [-0.4, -0.2) is 28.6 Å². The van der Waals surface area contributed by atoms with E-state index < -0.39 is 0 Å². The van der Waals surface area contributed by atoms with Gasteiger partial charge in [0.2, 0.25) is 0 Å². The summed E-state index contributed by atoms with van der Waals surface area (Å²) in [6.45, 7) is 4.43. The van der Waals surface area contributed by atoms with Gasteiger partial charge in [-0.2, -0.15) is 0 Å². The zero-order valence-electron chi connectivity index (χ0n) is 10.8. The second-order valence-corrected chi connectivity index (χ2v) is 3.78. The molecule has 0 amide bonds. The van der Waals surface area contributed by atoms with Crippen LogP contribution in [0.15, 0.2) is 24.5 Å². The Hall–Kier alpha value is -2.17. The molecule has 2 aromatic heterocycles. The molecule has 18 heavy (non-hydrogen) atoms. The van der Waals surface area contributed by atoms with Gasteiger partial charge in [0, 0.05) is 24.9 Å². The first-order valence-corrected chi connectivity index (χ1v) is 5.84. The van der Waals surface area contributed by atoms with Crippen LogP contribution in [0.4, 0.5) is 5.82 Å². The van der Waals surface area contributed by atoms with Gasteiger partial charge in [-0.05, 0) is 19.9 Å². The first-order chi connectivity index (χ1) is 8.72. The van der Waals surface area contributed by atoms with Crippen LogP contribution in [0.3, 0.4) is 0 Å². The number of anilines is 1. The molecule has 0 radical (unpaired) electrons. The number of rotatable bonds is 4. The minimum atomic E-state index is 0.621. The molecule has 1 N–H and O–H groups in total. The largest absolute Gasteiger partial charge is 0.492 e. The van der Waals surface area contributed by atoms with Gasteiger partial charge in [-0.3, -0.25) is 4.98 Å². The molecule has 0 spiro atoms. The van der Waals surface area contributed by atoms with Gasteiger partial charge in [-0.25, -0.2) is 9.97 Å². The minimum absolute atomic E-state index is 0.621. The lowest BCUT2D eigenvalue weighted by molar-refractivity contribution is 0.339. The standard InChI is InChI=1S/C13H16N4O/c1-4-18-11-5-10(7-15-8-11)12-6-13(14-3)17-9(2)16-12/h5-8H,4H2,1-3H3,(H,14,16,17). The van der Waals surface area contributed by atoms with Gasteiger partial charge < -0.3 is 10.1 Å².